The molecule has 0 spiro atoms. The average molecular weight is 537 g/mol. The number of aryl methyl sites for hydroxylation is 1. The quantitative estimate of drug-likeness (QED) is 0.180. The molecular formula is C27H29ClN6O4. The number of nitrogens with zero attached hydrogens (tertiary/aromatic N) is 3. The normalized spacial score (nSPS) is 16.1. The summed E-state index contributed by atoms with van der Waals surface area (Å²) >= 11 is 6.16. The van der Waals surface area contributed by atoms with Crippen molar-refractivity contribution >= 4 is 46.0 Å². The number of rotatable bonds is 7. The van der Waals surface area contributed by atoms with Crippen molar-refractivity contribution in [1.29, 1.82) is 5.26 Å². The highest BCUT2D eigenvalue weighted by molar-refractivity contribution is 6.32. The monoisotopic (exact) mass is 536 g/mol. The zero-order valence-corrected chi connectivity index (χ0v) is 22.0. The van der Waals surface area contributed by atoms with E-state index < -0.39 is 6.04 Å². The molecule has 2 amide bonds. The molecule has 1 aromatic heterocycles. The molecule has 0 aliphatic carbocycles. The smallest absolute Gasteiger partial charge is 0.247 e. The van der Waals surface area contributed by atoms with E-state index in [0.29, 0.717) is 29.4 Å². The summed E-state index contributed by atoms with van der Waals surface area (Å²) in [7, 11) is 1.54. The number of benzene rings is 2. The van der Waals surface area contributed by atoms with E-state index in [9.17, 15) is 14.9 Å². The molecule has 1 fully saturated rings. The second-order valence-electron chi connectivity index (χ2n) is 8.97. The van der Waals surface area contributed by atoms with Gasteiger partial charge in [0.2, 0.25) is 17.8 Å². The molecule has 3 N–H and O–H groups in total. The zero-order chi connectivity index (χ0) is 27.1. The van der Waals surface area contributed by atoms with Crippen molar-refractivity contribution < 1.29 is 18.7 Å². The lowest BCUT2D eigenvalue weighted by Gasteiger charge is -2.22. The molecule has 2 aromatic carbocycles. The lowest BCUT2D eigenvalue weighted by Crippen LogP contribution is -2.44. The number of furan rings is 1. The lowest BCUT2D eigenvalue weighted by atomic mass is 10.1. The predicted octanol–water partition coefficient (Wildman–Crippen LogP) is 3.94. The van der Waals surface area contributed by atoms with Crippen LogP contribution in [0.25, 0.3) is 11.0 Å². The van der Waals surface area contributed by atoms with Crippen molar-refractivity contribution in [2.24, 2.45) is 4.99 Å². The van der Waals surface area contributed by atoms with Crippen LogP contribution >= 0.6 is 11.6 Å². The molecule has 0 radical (unpaired) electrons. The molecule has 0 unspecified atom stereocenters. The van der Waals surface area contributed by atoms with Gasteiger partial charge < -0.3 is 24.7 Å². The molecule has 3 aromatic rings. The highest BCUT2D eigenvalue weighted by Gasteiger charge is 2.28. The maximum absolute atomic E-state index is 13.3. The summed E-state index contributed by atoms with van der Waals surface area (Å²) < 4.78 is 10.8. The third-order valence-electron chi connectivity index (χ3n) is 6.15. The number of hydrogen-bond acceptors (Lipinski definition) is 6. The third kappa shape index (κ3) is 6.75. The Morgan fingerprint density at radius 2 is 2.11 bits per heavy atom. The first-order valence-electron chi connectivity index (χ1n) is 12.2. The number of carbonyl (C=O) groups excluding carboxylic acids is 2. The first-order valence-corrected chi connectivity index (χ1v) is 12.6. The van der Waals surface area contributed by atoms with E-state index in [1.807, 2.05) is 37.4 Å². The minimum absolute atomic E-state index is 0.0836. The van der Waals surface area contributed by atoms with E-state index in [1.54, 1.807) is 18.2 Å². The largest absolute Gasteiger partial charge is 0.495 e. The number of halogens is 1. The number of fused-ring (bicyclic) bond motifs is 1. The van der Waals surface area contributed by atoms with E-state index in [2.05, 4.69) is 20.9 Å². The number of anilines is 1. The number of methoxy groups -OCH3 is 1. The minimum Gasteiger partial charge on any atom is -0.495 e. The van der Waals surface area contributed by atoms with Crippen molar-refractivity contribution in [2.45, 2.75) is 38.8 Å². The number of likely N-dealkylation sites (tertiary alicyclic amines) is 1. The third-order valence-corrected chi connectivity index (χ3v) is 6.45. The first kappa shape index (κ1) is 26.8. The number of hydrogen-bond donors (Lipinski definition) is 3. The summed E-state index contributed by atoms with van der Waals surface area (Å²) in [6, 6.07) is 12.0. The SMILES string of the molecule is COc1ccc(CNC(=O)CN2CCCC[C@H](N=C(NC#N)Nc3ccc4oc(C)cc4c3)C2=O)cc1Cl. The Hall–Kier alpha value is -4.23. The molecule has 4 rings (SSSR count). The molecule has 11 heteroatoms. The van der Waals surface area contributed by atoms with Crippen LogP contribution in [0.3, 0.4) is 0 Å². The standard InChI is InChI=1S/C27H29ClN6O4/c1-17-11-19-13-20(7-9-23(19)38-17)32-27(31-16-29)33-22-5-3-4-10-34(26(22)36)15-25(35)30-14-18-6-8-24(37-2)21(28)12-18/h6-9,11-13,22H,3-5,10,14-15H2,1-2H3,(H,30,35)(H2,31,32,33)/t22-/m0/s1. The highest BCUT2D eigenvalue weighted by atomic mass is 35.5. The second-order valence-corrected chi connectivity index (χ2v) is 9.37. The first-order chi connectivity index (χ1) is 18.4. The Kier molecular flexibility index (Phi) is 8.71. The number of guanidine groups is 1. The number of aliphatic imine (C=N–C) groups is 1. The number of nitrogens with one attached hydrogen (secondary N) is 3. The predicted molar refractivity (Wildman–Crippen MR) is 145 cm³/mol. The fraction of sp³-hybridized carbons (Fsp3) is 0.333. The van der Waals surface area contributed by atoms with Crippen molar-refractivity contribution in [3.05, 3.63) is 58.8 Å². The summed E-state index contributed by atoms with van der Waals surface area (Å²) in [6.07, 6.45) is 3.90. The van der Waals surface area contributed by atoms with E-state index >= 15 is 0 Å². The van der Waals surface area contributed by atoms with Gasteiger partial charge in [0.15, 0.2) is 6.19 Å². The Bertz CT molecular complexity index is 1400. The van der Waals surface area contributed by atoms with Gasteiger partial charge in [-0.15, -0.1) is 0 Å². The van der Waals surface area contributed by atoms with E-state index in [-0.39, 0.29) is 30.9 Å². The lowest BCUT2D eigenvalue weighted by molar-refractivity contribution is -0.136. The number of amides is 2. The molecule has 198 valence electrons. The molecule has 0 saturated carbocycles. The Labute approximate surface area is 225 Å². The van der Waals surface area contributed by atoms with Crippen LogP contribution in [-0.4, -0.2) is 48.9 Å². The Morgan fingerprint density at radius 1 is 1.26 bits per heavy atom. The van der Waals surface area contributed by atoms with Gasteiger partial charge in [-0.1, -0.05) is 17.7 Å². The number of nitriles is 1. The van der Waals surface area contributed by atoms with E-state index in [4.69, 9.17) is 20.8 Å². The van der Waals surface area contributed by atoms with Crippen molar-refractivity contribution in [3.63, 3.8) is 0 Å². The molecule has 10 nitrogen and oxygen atoms in total. The topological polar surface area (TPSA) is 132 Å². The zero-order valence-electron chi connectivity index (χ0n) is 21.2. The summed E-state index contributed by atoms with van der Waals surface area (Å²) in [5.41, 5.74) is 2.26. The van der Waals surface area contributed by atoms with E-state index in [1.165, 1.54) is 12.0 Å². The molecule has 1 saturated heterocycles. The van der Waals surface area contributed by atoms with Gasteiger partial charge in [0.05, 0.1) is 18.7 Å². The maximum atomic E-state index is 13.3. The van der Waals surface area contributed by atoms with Crippen molar-refractivity contribution in [3.8, 4) is 11.9 Å². The van der Waals surface area contributed by atoms with Gasteiger partial charge in [-0.2, -0.15) is 5.26 Å². The maximum Gasteiger partial charge on any atom is 0.247 e. The second kappa shape index (κ2) is 12.3. The number of carbonyl (C=O) groups is 2. The van der Waals surface area contributed by atoms with Crippen molar-refractivity contribution in [1.82, 2.24) is 15.5 Å². The van der Waals surface area contributed by atoms with Crippen LogP contribution in [0, 0.1) is 18.4 Å². The van der Waals surface area contributed by atoms with Gasteiger partial charge in [0.25, 0.3) is 0 Å². The van der Waals surface area contributed by atoms with Crippen LogP contribution < -0.4 is 20.7 Å². The van der Waals surface area contributed by atoms with Crippen LogP contribution in [0.4, 0.5) is 5.69 Å². The molecular weight excluding hydrogens is 508 g/mol. The van der Waals surface area contributed by atoms with Crippen LogP contribution in [0.1, 0.15) is 30.6 Å². The number of ether oxygens (including phenoxy) is 1. The fourth-order valence-corrected chi connectivity index (χ4v) is 4.59. The minimum atomic E-state index is -0.728. The molecule has 38 heavy (non-hydrogen) atoms. The van der Waals surface area contributed by atoms with Crippen LogP contribution in [-0.2, 0) is 16.1 Å². The van der Waals surface area contributed by atoms with Gasteiger partial charge in [0, 0.05) is 24.2 Å². The molecule has 1 atom stereocenters. The summed E-state index contributed by atoms with van der Waals surface area (Å²) in [5.74, 6) is 0.966. The van der Waals surface area contributed by atoms with Crippen molar-refractivity contribution in [2.75, 3.05) is 25.5 Å². The molecule has 0 bridgehead atoms. The van der Waals surface area contributed by atoms with Crippen LogP contribution in [0.5, 0.6) is 5.75 Å². The van der Waals surface area contributed by atoms with Gasteiger partial charge in [-0.05, 0) is 68.1 Å². The summed E-state index contributed by atoms with van der Waals surface area (Å²) in [6.45, 7) is 2.51. The summed E-state index contributed by atoms with van der Waals surface area (Å²) in [4.78, 5) is 32.0. The van der Waals surface area contributed by atoms with Gasteiger partial charge in [0.1, 0.15) is 23.1 Å². The van der Waals surface area contributed by atoms with Gasteiger partial charge in [-0.3, -0.25) is 14.9 Å². The highest BCUT2D eigenvalue weighted by Crippen LogP contribution is 2.25. The van der Waals surface area contributed by atoms with E-state index in [0.717, 1.165) is 35.1 Å². The Balaban J connectivity index is 1.41. The molecule has 2 heterocycles. The molecule has 1 aliphatic heterocycles. The van der Waals surface area contributed by atoms with Crippen LogP contribution in [0.2, 0.25) is 5.02 Å². The van der Waals surface area contributed by atoms with Gasteiger partial charge in [-0.25, -0.2) is 4.99 Å². The fourth-order valence-electron chi connectivity index (χ4n) is 4.31. The average Bonchev–Trinajstić information content (AvgIpc) is 3.18. The molecule has 1 aliphatic rings. The van der Waals surface area contributed by atoms with Crippen LogP contribution in [0.15, 0.2) is 51.9 Å². The Morgan fingerprint density at radius 3 is 2.87 bits per heavy atom. The van der Waals surface area contributed by atoms with Gasteiger partial charge >= 0.3 is 0 Å². The summed E-state index contributed by atoms with van der Waals surface area (Å²) in [5, 5.41) is 19.1.